The van der Waals surface area contributed by atoms with Crippen LogP contribution in [0.1, 0.15) is 10.4 Å². The highest BCUT2D eigenvalue weighted by Gasteiger charge is 2.17. The van der Waals surface area contributed by atoms with Crippen molar-refractivity contribution in [3.8, 4) is 5.75 Å². The summed E-state index contributed by atoms with van der Waals surface area (Å²) in [6.07, 6.45) is 1.52. The van der Waals surface area contributed by atoms with Crippen LogP contribution in [0.15, 0.2) is 24.4 Å². The molecule has 0 fully saturated rings. The fourth-order valence-electron chi connectivity index (χ4n) is 1.72. The second kappa shape index (κ2) is 5.43. The van der Waals surface area contributed by atoms with Crippen molar-refractivity contribution < 1.29 is 24.2 Å². The predicted molar refractivity (Wildman–Crippen MR) is 70.6 cm³/mol. The van der Waals surface area contributed by atoms with E-state index in [1.54, 1.807) is 12.1 Å². The largest absolute Gasteiger partial charge is 0.480 e. The number of aromatic carboxylic acids is 1. The van der Waals surface area contributed by atoms with Crippen molar-refractivity contribution >= 4 is 28.5 Å². The zero-order valence-electron chi connectivity index (χ0n) is 10.6. The van der Waals surface area contributed by atoms with Crippen LogP contribution in [0, 0.1) is 0 Å². The maximum Gasteiger partial charge on any atom is 0.343 e. The molecule has 0 saturated carbocycles. The van der Waals surface area contributed by atoms with E-state index in [2.05, 4.69) is 9.72 Å². The number of hydrogen-bond donors (Lipinski definition) is 2. The summed E-state index contributed by atoms with van der Waals surface area (Å²) in [4.78, 5) is 26.4. The lowest BCUT2D eigenvalue weighted by atomic mass is 10.1. The molecule has 0 unspecified atom stereocenters. The van der Waals surface area contributed by atoms with E-state index < -0.39 is 11.9 Å². The minimum absolute atomic E-state index is 0.103. The molecule has 3 N–H and O–H groups in total. The summed E-state index contributed by atoms with van der Waals surface area (Å²) in [7, 11) is 1.23. The summed E-state index contributed by atoms with van der Waals surface area (Å²) in [6, 6.07) is 4.51. The lowest BCUT2D eigenvalue weighted by Crippen LogP contribution is -2.13. The summed E-state index contributed by atoms with van der Waals surface area (Å²) in [6.45, 7) is -0.342. The van der Waals surface area contributed by atoms with Crippen molar-refractivity contribution in [2.24, 2.45) is 0 Å². The minimum atomic E-state index is -1.18. The van der Waals surface area contributed by atoms with Gasteiger partial charge in [0.05, 0.1) is 18.4 Å². The summed E-state index contributed by atoms with van der Waals surface area (Å²) in [5.41, 5.74) is 6.19. The molecule has 2 aromatic rings. The van der Waals surface area contributed by atoms with Crippen LogP contribution < -0.4 is 10.5 Å². The zero-order valence-corrected chi connectivity index (χ0v) is 10.6. The highest BCUT2D eigenvalue weighted by Crippen LogP contribution is 2.31. The molecule has 104 valence electrons. The molecule has 1 heterocycles. The number of nitrogens with zero attached hydrogens (tertiary/aromatic N) is 1. The van der Waals surface area contributed by atoms with Crippen molar-refractivity contribution in [3.63, 3.8) is 0 Å². The molecular formula is C13H12N2O5. The second-order valence-electron chi connectivity index (χ2n) is 3.91. The van der Waals surface area contributed by atoms with Crippen LogP contribution in [0.5, 0.6) is 5.75 Å². The average Bonchev–Trinajstić information content (AvgIpc) is 2.46. The van der Waals surface area contributed by atoms with Gasteiger partial charge in [0.2, 0.25) is 0 Å². The number of carbonyl (C=O) groups is 2. The number of carboxylic acid groups (broad SMARTS) is 1. The quantitative estimate of drug-likeness (QED) is 0.634. The van der Waals surface area contributed by atoms with Crippen LogP contribution in [0.2, 0.25) is 0 Å². The van der Waals surface area contributed by atoms with E-state index in [4.69, 9.17) is 15.6 Å². The van der Waals surface area contributed by atoms with Gasteiger partial charge in [0.25, 0.3) is 0 Å². The van der Waals surface area contributed by atoms with Crippen molar-refractivity contribution in [2.45, 2.75) is 0 Å². The van der Waals surface area contributed by atoms with Crippen LogP contribution in [-0.4, -0.2) is 35.7 Å². The molecule has 0 spiro atoms. The van der Waals surface area contributed by atoms with Crippen molar-refractivity contribution in [3.05, 3.63) is 30.0 Å². The molecule has 0 saturated heterocycles. The van der Waals surface area contributed by atoms with E-state index in [1.807, 2.05) is 0 Å². The first-order chi connectivity index (χ1) is 9.54. The number of pyridine rings is 1. The zero-order chi connectivity index (χ0) is 14.7. The first-order valence-corrected chi connectivity index (χ1v) is 5.64. The molecule has 7 heteroatoms. The Morgan fingerprint density at radius 2 is 2.20 bits per heavy atom. The van der Waals surface area contributed by atoms with Gasteiger partial charge in [0, 0.05) is 11.6 Å². The Balaban J connectivity index is 2.54. The van der Waals surface area contributed by atoms with E-state index in [-0.39, 0.29) is 23.6 Å². The number of aromatic nitrogens is 1. The highest BCUT2D eigenvalue weighted by atomic mass is 16.6. The lowest BCUT2D eigenvalue weighted by Gasteiger charge is -2.11. The number of ether oxygens (including phenoxy) is 2. The topological polar surface area (TPSA) is 112 Å². The van der Waals surface area contributed by atoms with Crippen LogP contribution in [-0.2, 0) is 9.53 Å². The maximum absolute atomic E-state index is 11.2. The third-order valence-corrected chi connectivity index (χ3v) is 2.70. The van der Waals surface area contributed by atoms with Gasteiger partial charge >= 0.3 is 11.9 Å². The van der Waals surface area contributed by atoms with Crippen molar-refractivity contribution in [1.29, 1.82) is 0 Å². The van der Waals surface area contributed by atoms with Crippen molar-refractivity contribution in [1.82, 2.24) is 4.98 Å². The second-order valence-corrected chi connectivity index (χ2v) is 3.91. The number of esters is 1. The maximum atomic E-state index is 11.2. The van der Waals surface area contributed by atoms with E-state index >= 15 is 0 Å². The number of fused-ring (bicyclic) bond motifs is 1. The predicted octanol–water partition coefficient (Wildman–Crippen LogP) is 1.07. The molecule has 1 aromatic heterocycles. The van der Waals surface area contributed by atoms with Gasteiger partial charge in [-0.1, -0.05) is 0 Å². The van der Waals surface area contributed by atoms with Crippen LogP contribution in [0.4, 0.5) is 5.69 Å². The summed E-state index contributed by atoms with van der Waals surface area (Å²) in [5, 5.41) is 9.58. The number of nitrogens with two attached hydrogens (primary N) is 1. The number of benzene rings is 1. The minimum Gasteiger partial charge on any atom is -0.480 e. The normalized spacial score (nSPS) is 10.2. The summed E-state index contributed by atoms with van der Waals surface area (Å²) < 4.78 is 9.72. The Labute approximate surface area is 113 Å². The molecule has 0 aliphatic rings. The molecular weight excluding hydrogens is 264 g/mol. The number of carboxylic acids is 1. The van der Waals surface area contributed by atoms with E-state index in [0.29, 0.717) is 10.9 Å². The molecule has 0 aliphatic heterocycles. The van der Waals surface area contributed by atoms with Gasteiger partial charge in [0.15, 0.2) is 6.61 Å². The smallest absolute Gasteiger partial charge is 0.343 e. The van der Waals surface area contributed by atoms with Gasteiger partial charge in [-0.3, -0.25) is 4.98 Å². The van der Waals surface area contributed by atoms with Crippen LogP contribution >= 0.6 is 0 Å². The number of hydrogen-bond acceptors (Lipinski definition) is 6. The molecule has 0 radical (unpaired) electrons. The number of methoxy groups -OCH3 is 1. The third kappa shape index (κ3) is 2.46. The highest BCUT2D eigenvalue weighted by molar-refractivity contribution is 6.06. The molecule has 0 aliphatic carbocycles. The average molecular weight is 276 g/mol. The Morgan fingerprint density at radius 3 is 2.85 bits per heavy atom. The van der Waals surface area contributed by atoms with E-state index in [9.17, 15) is 9.59 Å². The number of carbonyl (C=O) groups excluding carboxylic acids is 1. The molecule has 20 heavy (non-hydrogen) atoms. The Morgan fingerprint density at radius 1 is 1.45 bits per heavy atom. The summed E-state index contributed by atoms with van der Waals surface area (Å²) in [5.74, 6) is -1.60. The molecule has 0 bridgehead atoms. The molecule has 7 nitrogen and oxygen atoms in total. The molecule has 2 rings (SSSR count). The van der Waals surface area contributed by atoms with Crippen LogP contribution in [0.25, 0.3) is 10.9 Å². The van der Waals surface area contributed by atoms with Gasteiger partial charge in [-0.25, -0.2) is 9.59 Å². The Hall–Kier alpha value is -2.83. The van der Waals surface area contributed by atoms with Crippen LogP contribution in [0.3, 0.4) is 0 Å². The number of nitrogen functional groups attached to an aromatic ring is 1. The molecule has 1 aromatic carbocycles. The van der Waals surface area contributed by atoms with E-state index in [1.165, 1.54) is 19.4 Å². The number of anilines is 1. The Kier molecular flexibility index (Phi) is 3.69. The van der Waals surface area contributed by atoms with Gasteiger partial charge in [0.1, 0.15) is 11.3 Å². The summed E-state index contributed by atoms with van der Waals surface area (Å²) >= 11 is 0. The molecule has 0 amide bonds. The van der Waals surface area contributed by atoms with Gasteiger partial charge in [-0.15, -0.1) is 0 Å². The fourth-order valence-corrected chi connectivity index (χ4v) is 1.72. The molecule has 0 atom stereocenters. The first-order valence-electron chi connectivity index (χ1n) is 5.64. The number of rotatable bonds is 4. The van der Waals surface area contributed by atoms with E-state index in [0.717, 1.165) is 0 Å². The third-order valence-electron chi connectivity index (χ3n) is 2.70. The van der Waals surface area contributed by atoms with Gasteiger partial charge in [-0.2, -0.15) is 0 Å². The SMILES string of the molecule is COC(=O)COc1cc(C(=O)O)c(N)c2cccnc12. The van der Waals surface area contributed by atoms with Gasteiger partial charge < -0.3 is 20.3 Å². The first kappa shape index (κ1) is 13.6. The fraction of sp³-hybridized carbons (Fsp3) is 0.154. The van der Waals surface area contributed by atoms with Gasteiger partial charge in [-0.05, 0) is 18.2 Å². The lowest BCUT2D eigenvalue weighted by molar-refractivity contribution is -0.142. The standard InChI is InChI=1S/C13H12N2O5/c1-19-10(16)6-20-9-5-8(13(17)18)11(14)7-3-2-4-15-12(7)9/h2-5H,6,14H2,1H3,(H,17,18). The van der Waals surface area contributed by atoms with Crippen molar-refractivity contribution in [2.75, 3.05) is 19.5 Å². The monoisotopic (exact) mass is 276 g/mol. The Bertz CT molecular complexity index is 684.